The highest BCUT2D eigenvalue weighted by atomic mass is 35.5. The fourth-order valence-electron chi connectivity index (χ4n) is 1.89. The largest absolute Gasteiger partial charge is 0.496 e. The van der Waals surface area contributed by atoms with Crippen LogP contribution in [-0.2, 0) is 6.42 Å². The van der Waals surface area contributed by atoms with Gasteiger partial charge in [0.05, 0.1) is 13.2 Å². The lowest BCUT2D eigenvalue weighted by Crippen LogP contribution is -2.06. The molecule has 0 bridgehead atoms. The Morgan fingerprint density at radius 3 is 2.89 bits per heavy atom. The molecular weight excluding hydrogens is 264 g/mol. The van der Waals surface area contributed by atoms with Gasteiger partial charge >= 0.3 is 0 Å². The Morgan fingerprint density at radius 1 is 1.42 bits per heavy atom. The van der Waals surface area contributed by atoms with Crippen molar-refractivity contribution >= 4 is 17.3 Å². The molecule has 1 heterocycles. The number of aliphatic hydroxyl groups is 1. The lowest BCUT2D eigenvalue weighted by atomic mass is 10.0. The molecule has 2 rings (SSSR count). The first-order chi connectivity index (χ1) is 9.11. The van der Waals surface area contributed by atoms with Gasteiger partial charge in [-0.25, -0.2) is 0 Å². The predicted molar refractivity (Wildman–Crippen MR) is 75.3 cm³/mol. The molecule has 1 atom stereocenters. The lowest BCUT2D eigenvalue weighted by Gasteiger charge is -2.15. The number of aromatic nitrogens is 1. The molecule has 0 fully saturated rings. The number of halogens is 1. The zero-order chi connectivity index (χ0) is 13.8. The van der Waals surface area contributed by atoms with Crippen LogP contribution in [0.2, 0.25) is 5.02 Å². The third-order valence-electron chi connectivity index (χ3n) is 2.91. The van der Waals surface area contributed by atoms with Gasteiger partial charge in [-0.1, -0.05) is 17.7 Å². The maximum absolute atomic E-state index is 10.3. The first-order valence-corrected chi connectivity index (χ1v) is 6.19. The van der Waals surface area contributed by atoms with E-state index < -0.39 is 6.10 Å². The molecule has 1 aromatic heterocycles. The van der Waals surface area contributed by atoms with Crippen molar-refractivity contribution in [2.24, 2.45) is 0 Å². The predicted octanol–water partition coefficient (Wildman–Crippen LogP) is 2.60. The van der Waals surface area contributed by atoms with Crippen LogP contribution in [-0.4, -0.2) is 17.2 Å². The van der Waals surface area contributed by atoms with Crippen molar-refractivity contribution < 1.29 is 9.84 Å². The van der Waals surface area contributed by atoms with Crippen molar-refractivity contribution in [2.45, 2.75) is 12.5 Å². The summed E-state index contributed by atoms with van der Waals surface area (Å²) in [5.41, 5.74) is 7.93. The normalized spacial score (nSPS) is 12.2. The van der Waals surface area contributed by atoms with Gasteiger partial charge in [-0.05, 0) is 23.8 Å². The van der Waals surface area contributed by atoms with Crippen LogP contribution in [0.5, 0.6) is 5.75 Å². The van der Waals surface area contributed by atoms with E-state index in [1.807, 2.05) is 0 Å². The van der Waals surface area contributed by atoms with E-state index >= 15 is 0 Å². The van der Waals surface area contributed by atoms with E-state index in [0.717, 1.165) is 5.56 Å². The number of hydrogen-bond donors (Lipinski definition) is 2. The Labute approximate surface area is 116 Å². The molecule has 0 saturated carbocycles. The first-order valence-electron chi connectivity index (χ1n) is 5.81. The highest BCUT2D eigenvalue weighted by Crippen LogP contribution is 2.30. The van der Waals surface area contributed by atoms with Gasteiger partial charge < -0.3 is 15.6 Å². The number of nitrogen functional groups attached to an aromatic ring is 1. The second kappa shape index (κ2) is 5.91. The van der Waals surface area contributed by atoms with Crippen LogP contribution in [0.3, 0.4) is 0 Å². The van der Waals surface area contributed by atoms with Crippen molar-refractivity contribution in [3.8, 4) is 5.75 Å². The van der Waals surface area contributed by atoms with Gasteiger partial charge in [0.15, 0.2) is 0 Å². The Bertz CT molecular complexity index is 575. The molecule has 3 N–H and O–H groups in total. The van der Waals surface area contributed by atoms with Crippen LogP contribution in [0.25, 0.3) is 0 Å². The van der Waals surface area contributed by atoms with Gasteiger partial charge in [-0.3, -0.25) is 4.98 Å². The van der Waals surface area contributed by atoms with Crippen LogP contribution in [0.1, 0.15) is 17.2 Å². The van der Waals surface area contributed by atoms with E-state index in [1.54, 1.807) is 43.8 Å². The first kappa shape index (κ1) is 13.6. The monoisotopic (exact) mass is 278 g/mol. The SMILES string of the molecule is COc1cc(Cl)ccc1C(O)Cc1cnccc1N. The van der Waals surface area contributed by atoms with Crippen LogP contribution in [0, 0.1) is 0 Å². The topological polar surface area (TPSA) is 68.4 Å². The van der Waals surface area contributed by atoms with Gasteiger partial charge in [0.1, 0.15) is 5.75 Å². The molecule has 0 amide bonds. The number of nitrogens with zero attached hydrogens (tertiary/aromatic N) is 1. The van der Waals surface area contributed by atoms with Crippen molar-refractivity contribution in [3.05, 3.63) is 52.8 Å². The minimum Gasteiger partial charge on any atom is -0.496 e. The fraction of sp³-hybridized carbons (Fsp3) is 0.214. The molecule has 0 saturated heterocycles. The molecular formula is C14H15ClN2O2. The molecule has 1 aromatic carbocycles. The van der Waals surface area contributed by atoms with Crippen molar-refractivity contribution in [3.63, 3.8) is 0 Å². The molecule has 19 heavy (non-hydrogen) atoms. The molecule has 2 aromatic rings. The van der Waals surface area contributed by atoms with E-state index in [4.69, 9.17) is 22.1 Å². The number of benzene rings is 1. The second-order valence-electron chi connectivity index (χ2n) is 4.18. The molecule has 4 nitrogen and oxygen atoms in total. The summed E-state index contributed by atoms with van der Waals surface area (Å²) in [6.07, 6.45) is 2.92. The number of nitrogens with two attached hydrogens (primary N) is 1. The minimum absolute atomic E-state index is 0.373. The van der Waals surface area contributed by atoms with Gasteiger partial charge in [0.2, 0.25) is 0 Å². The summed E-state index contributed by atoms with van der Waals surface area (Å²) in [4.78, 5) is 4.01. The highest BCUT2D eigenvalue weighted by Gasteiger charge is 2.15. The average molecular weight is 279 g/mol. The van der Waals surface area contributed by atoms with E-state index in [-0.39, 0.29) is 0 Å². The van der Waals surface area contributed by atoms with E-state index in [9.17, 15) is 5.11 Å². The quantitative estimate of drug-likeness (QED) is 0.902. The number of ether oxygens (including phenoxy) is 1. The van der Waals surface area contributed by atoms with Gasteiger partial charge in [0.25, 0.3) is 0 Å². The van der Waals surface area contributed by atoms with E-state index in [2.05, 4.69) is 4.98 Å². The summed E-state index contributed by atoms with van der Waals surface area (Å²) in [7, 11) is 1.54. The van der Waals surface area contributed by atoms with Gasteiger partial charge in [-0.15, -0.1) is 0 Å². The molecule has 0 aliphatic rings. The summed E-state index contributed by atoms with van der Waals surface area (Å²) >= 11 is 5.89. The van der Waals surface area contributed by atoms with Crippen LogP contribution in [0.4, 0.5) is 5.69 Å². The number of aliphatic hydroxyl groups excluding tert-OH is 1. The second-order valence-corrected chi connectivity index (χ2v) is 4.62. The number of hydrogen-bond acceptors (Lipinski definition) is 4. The summed E-state index contributed by atoms with van der Waals surface area (Å²) < 4.78 is 5.22. The third kappa shape index (κ3) is 3.16. The molecule has 0 aliphatic carbocycles. The smallest absolute Gasteiger partial charge is 0.126 e. The van der Waals surface area contributed by atoms with Gasteiger partial charge in [0, 0.05) is 35.1 Å². The number of rotatable bonds is 4. The summed E-state index contributed by atoms with van der Waals surface area (Å²) in [6, 6.07) is 6.85. The zero-order valence-corrected chi connectivity index (χ0v) is 11.3. The number of methoxy groups -OCH3 is 1. The molecule has 0 spiro atoms. The molecule has 100 valence electrons. The van der Waals surface area contributed by atoms with Crippen molar-refractivity contribution in [1.29, 1.82) is 0 Å². The van der Waals surface area contributed by atoms with Crippen molar-refractivity contribution in [1.82, 2.24) is 4.98 Å². The zero-order valence-electron chi connectivity index (χ0n) is 10.5. The van der Waals surface area contributed by atoms with Crippen molar-refractivity contribution in [2.75, 3.05) is 12.8 Å². The summed E-state index contributed by atoms with van der Waals surface area (Å²) in [6.45, 7) is 0. The van der Waals surface area contributed by atoms with E-state index in [0.29, 0.717) is 28.4 Å². The standard InChI is InChI=1S/C14H15ClN2O2/c1-19-14-7-10(15)2-3-11(14)13(18)6-9-8-17-5-4-12(9)16/h2-5,7-8,13,18H,6H2,1H3,(H2,16,17). The molecule has 0 aliphatic heterocycles. The Hall–Kier alpha value is -1.78. The van der Waals surface area contributed by atoms with Crippen LogP contribution in [0.15, 0.2) is 36.7 Å². The highest BCUT2D eigenvalue weighted by molar-refractivity contribution is 6.30. The van der Waals surface area contributed by atoms with Gasteiger partial charge in [-0.2, -0.15) is 0 Å². The number of pyridine rings is 1. The Kier molecular flexibility index (Phi) is 4.24. The Morgan fingerprint density at radius 2 is 2.21 bits per heavy atom. The molecule has 5 heteroatoms. The van der Waals surface area contributed by atoms with Crippen LogP contribution >= 0.6 is 11.6 Å². The van der Waals surface area contributed by atoms with E-state index in [1.165, 1.54) is 0 Å². The average Bonchev–Trinajstić information content (AvgIpc) is 2.41. The number of anilines is 1. The summed E-state index contributed by atoms with van der Waals surface area (Å²) in [5, 5.41) is 10.9. The lowest BCUT2D eigenvalue weighted by molar-refractivity contribution is 0.174. The Balaban J connectivity index is 2.25. The summed E-state index contributed by atoms with van der Waals surface area (Å²) in [5.74, 6) is 0.558. The van der Waals surface area contributed by atoms with Crippen LogP contribution < -0.4 is 10.5 Å². The molecule has 1 unspecified atom stereocenters. The maximum Gasteiger partial charge on any atom is 0.126 e. The third-order valence-corrected chi connectivity index (χ3v) is 3.14. The maximum atomic E-state index is 10.3. The molecule has 0 radical (unpaired) electrons. The minimum atomic E-state index is -0.723. The fourth-order valence-corrected chi connectivity index (χ4v) is 2.05.